The highest BCUT2D eigenvalue weighted by Crippen LogP contribution is 2.39. The number of rotatable bonds is 2. The molecule has 1 saturated carbocycles. The molecule has 2 N–H and O–H groups in total. The maximum absolute atomic E-state index is 12.6. The molecule has 0 spiro atoms. The Morgan fingerprint density at radius 3 is 2.71 bits per heavy atom. The lowest BCUT2D eigenvalue weighted by Crippen LogP contribution is -2.05. The number of hydrogen-bond donors (Lipinski definition) is 1. The summed E-state index contributed by atoms with van der Waals surface area (Å²) in [6, 6.07) is 0. The number of nitrogen functional groups attached to an aromatic ring is 1. The topological polar surface area (TPSA) is 52.0 Å². The highest BCUT2D eigenvalue weighted by Gasteiger charge is 2.24. The molecule has 1 fully saturated rings. The Morgan fingerprint density at radius 2 is 2.07 bits per heavy atom. The molecule has 1 aliphatic carbocycles. The fraction of sp³-hybridized carbons (Fsp3) is 0.667. The van der Waals surface area contributed by atoms with Crippen molar-refractivity contribution in [1.82, 2.24) is 5.16 Å². The van der Waals surface area contributed by atoms with Gasteiger partial charge in [0.25, 0.3) is 0 Å². The fourth-order valence-electron chi connectivity index (χ4n) is 2.02. The Hall–Kier alpha value is -0.710. The second kappa shape index (κ2) is 4.21. The van der Waals surface area contributed by atoms with Gasteiger partial charge in [-0.3, -0.25) is 0 Å². The first-order valence-electron chi connectivity index (χ1n) is 4.86. The second-order valence-electron chi connectivity index (χ2n) is 3.67. The van der Waals surface area contributed by atoms with Gasteiger partial charge < -0.3 is 10.3 Å². The molecule has 0 aromatic carbocycles. The van der Waals surface area contributed by atoms with Crippen LogP contribution in [0.4, 0.5) is 9.77 Å². The summed E-state index contributed by atoms with van der Waals surface area (Å²) in [6.07, 6.45) is 5.78. The van der Waals surface area contributed by atoms with Gasteiger partial charge in [0.2, 0.25) is 5.88 Å². The monoisotopic (exact) mass is 216 g/mol. The largest absolute Gasteiger partial charge is 0.367 e. The quantitative estimate of drug-likeness (QED) is 0.824. The van der Waals surface area contributed by atoms with E-state index in [-0.39, 0.29) is 18.0 Å². The summed E-state index contributed by atoms with van der Waals surface area (Å²) in [6.45, 7) is 0. The van der Waals surface area contributed by atoms with Crippen molar-refractivity contribution in [2.75, 3.05) is 5.73 Å². The van der Waals surface area contributed by atoms with Gasteiger partial charge >= 0.3 is 0 Å². The van der Waals surface area contributed by atoms with Crippen molar-refractivity contribution in [1.29, 1.82) is 0 Å². The average molecular weight is 216 g/mol. The van der Waals surface area contributed by atoms with Gasteiger partial charge in [0, 0.05) is 5.92 Å². The number of nitrogens with zero attached hydrogens (tertiary/aromatic N) is 1. The summed E-state index contributed by atoms with van der Waals surface area (Å²) in [4.78, 5) is 0.386. The van der Waals surface area contributed by atoms with Crippen LogP contribution in [0.15, 0.2) is 9.42 Å². The predicted molar refractivity (Wildman–Crippen MR) is 53.7 cm³/mol. The molecule has 0 atom stereocenters. The molecule has 0 aliphatic heterocycles. The summed E-state index contributed by atoms with van der Waals surface area (Å²) < 4.78 is 17.4. The molecular weight excluding hydrogens is 203 g/mol. The first kappa shape index (κ1) is 9.83. The molecule has 0 saturated heterocycles. The van der Waals surface area contributed by atoms with E-state index in [1.165, 1.54) is 19.3 Å². The second-order valence-corrected chi connectivity index (χ2v) is 4.24. The molecule has 1 aromatic rings. The minimum atomic E-state index is 0.109. The van der Waals surface area contributed by atoms with Crippen molar-refractivity contribution in [3.8, 4) is 0 Å². The molecule has 1 aromatic heterocycles. The average Bonchev–Trinajstić information content (AvgIpc) is 2.61. The molecule has 5 heteroatoms. The lowest BCUT2D eigenvalue weighted by atomic mass is 9.87. The zero-order valence-electron chi connectivity index (χ0n) is 7.83. The molecule has 0 bridgehead atoms. The number of nitrogens with two attached hydrogens (primary N) is 1. The lowest BCUT2D eigenvalue weighted by Gasteiger charge is -2.19. The number of halogens is 1. The van der Waals surface area contributed by atoms with E-state index in [1.807, 2.05) is 0 Å². The molecule has 2 rings (SSSR count). The maximum Gasteiger partial charge on any atom is 0.238 e. The van der Waals surface area contributed by atoms with Gasteiger partial charge in [0.05, 0.1) is 12.1 Å². The minimum absolute atomic E-state index is 0.109. The van der Waals surface area contributed by atoms with E-state index in [9.17, 15) is 3.89 Å². The Bertz CT molecular complexity index is 310. The molecule has 0 radical (unpaired) electrons. The zero-order valence-corrected chi connectivity index (χ0v) is 8.65. The van der Waals surface area contributed by atoms with Crippen LogP contribution in [-0.2, 0) is 0 Å². The van der Waals surface area contributed by atoms with Crippen molar-refractivity contribution in [3.05, 3.63) is 5.69 Å². The summed E-state index contributed by atoms with van der Waals surface area (Å²) in [5.74, 6) is 0.445. The Morgan fingerprint density at radius 1 is 1.36 bits per heavy atom. The molecule has 0 unspecified atom stereocenters. The standard InChI is InChI=1S/C9H13FN2OS/c10-14-8-7(12-13-9(8)11)6-4-2-1-3-5-6/h6H,1-5,11H2. The van der Waals surface area contributed by atoms with E-state index < -0.39 is 0 Å². The van der Waals surface area contributed by atoms with Crippen LogP contribution in [0, 0.1) is 0 Å². The van der Waals surface area contributed by atoms with E-state index in [4.69, 9.17) is 10.3 Å². The summed E-state index contributed by atoms with van der Waals surface area (Å²) in [5, 5.41) is 3.85. The number of aromatic nitrogens is 1. The Labute approximate surface area is 86.5 Å². The van der Waals surface area contributed by atoms with Crippen LogP contribution in [0.2, 0.25) is 0 Å². The van der Waals surface area contributed by atoms with E-state index in [0.717, 1.165) is 18.5 Å². The fourth-order valence-corrected chi connectivity index (χ4v) is 2.42. The van der Waals surface area contributed by atoms with Crippen LogP contribution in [0.25, 0.3) is 0 Å². The lowest BCUT2D eigenvalue weighted by molar-refractivity contribution is 0.387. The first-order chi connectivity index (χ1) is 6.83. The summed E-state index contributed by atoms with van der Waals surface area (Å²) in [7, 11) is 0. The molecule has 14 heavy (non-hydrogen) atoms. The molecule has 78 valence electrons. The third-order valence-corrected chi connectivity index (χ3v) is 3.33. The van der Waals surface area contributed by atoms with Gasteiger partial charge in [-0.2, -0.15) is 3.89 Å². The Kier molecular flexibility index (Phi) is 2.96. The van der Waals surface area contributed by atoms with Crippen LogP contribution in [-0.4, -0.2) is 5.16 Å². The molecule has 3 nitrogen and oxygen atoms in total. The van der Waals surface area contributed by atoms with E-state index >= 15 is 0 Å². The molecule has 1 aliphatic rings. The normalized spacial score (nSPS) is 18.6. The SMILES string of the molecule is Nc1onc(C2CCCCC2)c1SF. The molecular formula is C9H13FN2OS. The van der Waals surface area contributed by atoms with Crippen molar-refractivity contribution in [2.24, 2.45) is 0 Å². The third kappa shape index (κ3) is 1.73. The van der Waals surface area contributed by atoms with Gasteiger partial charge in [0.15, 0.2) is 0 Å². The minimum Gasteiger partial charge on any atom is -0.367 e. The highest BCUT2D eigenvalue weighted by molar-refractivity contribution is 7.94. The Balaban J connectivity index is 2.21. The smallest absolute Gasteiger partial charge is 0.238 e. The van der Waals surface area contributed by atoms with Crippen molar-refractivity contribution >= 4 is 18.0 Å². The first-order valence-corrected chi connectivity index (χ1v) is 5.58. The maximum atomic E-state index is 12.6. The van der Waals surface area contributed by atoms with Gasteiger partial charge in [0.1, 0.15) is 10.6 Å². The summed E-state index contributed by atoms with van der Waals surface area (Å²) >= 11 is 0.141. The van der Waals surface area contributed by atoms with Gasteiger partial charge in [-0.05, 0) is 12.8 Å². The highest BCUT2D eigenvalue weighted by atomic mass is 32.2. The van der Waals surface area contributed by atoms with Gasteiger partial charge in [-0.15, -0.1) is 0 Å². The van der Waals surface area contributed by atoms with E-state index in [1.54, 1.807) is 0 Å². The summed E-state index contributed by atoms with van der Waals surface area (Å²) in [5.41, 5.74) is 6.19. The van der Waals surface area contributed by atoms with Crippen LogP contribution in [0.1, 0.15) is 43.7 Å². The van der Waals surface area contributed by atoms with Gasteiger partial charge in [-0.25, -0.2) is 0 Å². The van der Waals surface area contributed by atoms with Crippen molar-refractivity contribution in [3.63, 3.8) is 0 Å². The zero-order chi connectivity index (χ0) is 9.97. The molecule has 0 amide bonds. The van der Waals surface area contributed by atoms with E-state index in [2.05, 4.69) is 5.16 Å². The van der Waals surface area contributed by atoms with Crippen LogP contribution < -0.4 is 5.73 Å². The van der Waals surface area contributed by atoms with Gasteiger partial charge in [-0.1, -0.05) is 24.4 Å². The number of anilines is 1. The van der Waals surface area contributed by atoms with Crippen LogP contribution in [0.5, 0.6) is 0 Å². The van der Waals surface area contributed by atoms with Crippen molar-refractivity contribution in [2.45, 2.75) is 42.9 Å². The molecule has 1 heterocycles. The predicted octanol–water partition coefficient (Wildman–Crippen LogP) is 3.28. The number of hydrogen-bond acceptors (Lipinski definition) is 4. The van der Waals surface area contributed by atoms with Crippen LogP contribution >= 0.6 is 12.1 Å². The third-order valence-electron chi connectivity index (χ3n) is 2.77. The van der Waals surface area contributed by atoms with Crippen molar-refractivity contribution < 1.29 is 8.41 Å². The van der Waals surface area contributed by atoms with E-state index in [0.29, 0.717) is 10.8 Å². The van der Waals surface area contributed by atoms with Crippen LogP contribution in [0.3, 0.4) is 0 Å².